The van der Waals surface area contributed by atoms with Crippen LogP contribution in [0.2, 0.25) is 0 Å². The van der Waals surface area contributed by atoms with E-state index in [1.807, 2.05) is 0 Å². The van der Waals surface area contributed by atoms with Gasteiger partial charge in [0.05, 0.1) is 0 Å². The number of ether oxygens (including phenoxy) is 1. The summed E-state index contributed by atoms with van der Waals surface area (Å²) in [4.78, 5) is 19.7. The van der Waals surface area contributed by atoms with Gasteiger partial charge in [0, 0.05) is 6.08 Å². The first-order valence-electron chi connectivity index (χ1n) is 4.50. The number of carboxylic acids is 2. The molecule has 0 saturated heterocycles. The molecule has 98 valence electrons. The van der Waals surface area contributed by atoms with Gasteiger partial charge in [0.2, 0.25) is 0 Å². The summed E-state index contributed by atoms with van der Waals surface area (Å²) >= 11 is 10.7. The highest BCUT2D eigenvalue weighted by Crippen LogP contribution is 2.25. The van der Waals surface area contributed by atoms with Crippen molar-refractivity contribution in [2.75, 3.05) is 0 Å². The molecule has 0 heterocycles. The molecular formula is C11H10Cl2O5. The molecule has 0 bridgehead atoms. The quantitative estimate of drug-likeness (QED) is 0.658. The van der Waals surface area contributed by atoms with Crippen LogP contribution >= 0.6 is 23.2 Å². The predicted octanol–water partition coefficient (Wildman–Crippen LogP) is 2.54. The third-order valence-corrected chi connectivity index (χ3v) is 1.89. The number of alkyl halides is 2. The zero-order valence-electron chi connectivity index (χ0n) is 9.05. The minimum absolute atomic E-state index is 0.301. The summed E-state index contributed by atoms with van der Waals surface area (Å²) in [5.41, 5.74) is 0. The minimum atomic E-state index is -2.23. The largest absolute Gasteiger partial charge is 0.478 e. The summed E-state index contributed by atoms with van der Waals surface area (Å²) in [6, 6.07) is 8.24. The van der Waals surface area contributed by atoms with Gasteiger partial charge >= 0.3 is 16.5 Å². The molecule has 0 spiro atoms. The van der Waals surface area contributed by atoms with Crippen LogP contribution in [0.15, 0.2) is 43.0 Å². The Hall–Kier alpha value is -1.72. The van der Waals surface area contributed by atoms with E-state index in [0.29, 0.717) is 5.75 Å². The van der Waals surface area contributed by atoms with E-state index in [4.69, 9.17) is 38.2 Å². The maximum atomic E-state index is 10.4. The molecule has 0 radical (unpaired) electrons. The van der Waals surface area contributed by atoms with Crippen molar-refractivity contribution in [1.29, 1.82) is 0 Å². The Morgan fingerprint density at radius 1 is 1.22 bits per heavy atom. The molecule has 1 rings (SSSR count). The molecule has 1 aromatic rings. The Morgan fingerprint density at radius 3 is 2.00 bits per heavy atom. The van der Waals surface area contributed by atoms with Crippen molar-refractivity contribution in [1.82, 2.24) is 0 Å². The summed E-state index contributed by atoms with van der Waals surface area (Å²) in [5.74, 6) is -2.13. The summed E-state index contributed by atoms with van der Waals surface area (Å²) in [5, 5.41) is 16.1. The highest BCUT2D eigenvalue weighted by Gasteiger charge is 2.36. The highest BCUT2D eigenvalue weighted by molar-refractivity contribution is 6.56. The average Bonchev–Trinajstić information content (AvgIpc) is 2.30. The molecular weight excluding hydrogens is 283 g/mol. The fourth-order valence-electron chi connectivity index (χ4n) is 0.680. The number of halogens is 2. The van der Waals surface area contributed by atoms with E-state index in [0.717, 1.165) is 6.08 Å². The van der Waals surface area contributed by atoms with Gasteiger partial charge in [-0.3, -0.25) is 0 Å². The van der Waals surface area contributed by atoms with Crippen LogP contribution in [0.1, 0.15) is 0 Å². The maximum Gasteiger partial charge on any atom is 0.381 e. The summed E-state index contributed by atoms with van der Waals surface area (Å²) < 4.78 is 2.56. The van der Waals surface area contributed by atoms with Crippen LogP contribution in [0.4, 0.5) is 0 Å². The van der Waals surface area contributed by atoms with Crippen LogP contribution in [-0.4, -0.2) is 26.7 Å². The first-order valence-corrected chi connectivity index (χ1v) is 5.26. The van der Waals surface area contributed by atoms with Crippen LogP contribution < -0.4 is 4.74 Å². The van der Waals surface area contributed by atoms with Crippen molar-refractivity contribution in [2.45, 2.75) is 4.52 Å². The number of rotatable bonds is 4. The van der Waals surface area contributed by atoms with E-state index < -0.39 is 16.5 Å². The average molecular weight is 293 g/mol. The number of carboxylic acid groups (broad SMARTS) is 2. The number of carbonyl (C=O) groups is 2. The van der Waals surface area contributed by atoms with E-state index in [1.54, 1.807) is 30.3 Å². The van der Waals surface area contributed by atoms with Crippen molar-refractivity contribution in [3.05, 3.63) is 43.0 Å². The van der Waals surface area contributed by atoms with Gasteiger partial charge in [-0.15, -0.1) is 0 Å². The minimum Gasteiger partial charge on any atom is -0.478 e. The number of hydrogen-bond donors (Lipinski definition) is 2. The van der Waals surface area contributed by atoms with Gasteiger partial charge in [0.15, 0.2) is 0 Å². The normalized spacial score (nSPS) is 9.67. The molecule has 0 aliphatic heterocycles. The van der Waals surface area contributed by atoms with E-state index in [1.165, 1.54) is 0 Å². The van der Waals surface area contributed by atoms with Crippen LogP contribution in [-0.2, 0) is 9.59 Å². The predicted molar refractivity (Wildman–Crippen MR) is 67.0 cm³/mol. The van der Waals surface area contributed by atoms with Crippen molar-refractivity contribution in [3.8, 4) is 5.75 Å². The second-order valence-corrected chi connectivity index (χ2v) is 4.04. The molecule has 0 amide bonds. The second-order valence-electron chi connectivity index (χ2n) is 2.78. The molecule has 0 atom stereocenters. The van der Waals surface area contributed by atoms with Gasteiger partial charge in [-0.05, 0) is 35.3 Å². The van der Waals surface area contributed by atoms with Crippen molar-refractivity contribution in [3.63, 3.8) is 0 Å². The Bertz CT molecular complexity index is 417. The van der Waals surface area contributed by atoms with Crippen molar-refractivity contribution < 1.29 is 24.5 Å². The lowest BCUT2D eigenvalue weighted by Crippen LogP contribution is -2.32. The zero-order valence-corrected chi connectivity index (χ0v) is 10.6. The molecule has 5 nitrogen and oxygen atoms in total. The van der Waals surface area contributed by atoms with Gasteiger partial charge in [-0.25, -0.2) is 9.59 Å². The first-order chi connectivity index (χ1) is 8.29. The smallest absolute Gasteiger partial charge is 0.381 e. The molecule has 18 heavy (non-hydrogen) atoms. The molecule has 0 aliphatic carbocycles. The van der Waals surface area contributed by atoms with Crippen molar-refractivity contribution >= 4 is 35.1 Å². The first kappa shape index (κ1) is 16.3. The van der Waals surface area contributed by atoms with Crippen LogP contribution in [0.3, 0.4) is 0 Å². The Morgan fingerprint density at radius 2 is 1.67 bits per heavy atom. The number of hydrogen-bond acceptors (Lipinski definition) is 3. The molecule has 0 fully saturated rings. The molecule has 2 N–H and O–H groups in total. The molecule has 1 aromatic carbocycles. The fraction of sp³-hybridized carbons (Fsp3) is 0.0909. The molecule has 0 unspecified atom stereocenters. The van der Waals surface area contributed by atoms with E-state index in [2.05, 4.69) is 6.58 Å². The SMILES string of the molecule is C=CC(=O)O.O=C(O)C(Cl)(Cl)Oc1ccccc1. The Labute approximate surface area is 113 Å². The molecule has 0 aliphatic rings. The topological polar surface area (TPSA) is 83.8 Å². The van der Waals surface area contributed by atoms with E-state index in [-0.39, 0.29) is 0 Å². The third kappa shape index (κ3) is 6.78. The lowest BCUT2D eigenvalue weighted by molar-refractivity contribution is -0.143. The molecule has 7 heteroatoms. The maximum absolute atomic E-state index is 10.4. The monoisotopic (exact) mass is 292 g/mol. The van der Waals surface area contributed by atoms with Crippen LogP contribution in [0.5, 0.6) is 5.75 Å². The number of para-hydroxylation sites is 1. The summed E-state index contributed by atoms with van der Waals surface area (Å²) in [6.45, 7) is 2.96. The Kier molecular flexibility index (Phi) is 6.85. The van der Waals surface area contributed by atoms with Gasteiger partial charge in [0.1, 0.15) is 5.75 Å². The lowest BCUT2D eigenvalue weighted by Gasteiger charge is -2.15. The highest BCUT2D eigenvalue weighted by atomic mass is 35.5. The molecule has 0 saturated carbocycles. The number of aliphatic carboxylic acids is 2. The van der Waals surface area contributed by atoms with Gasteiger partial charge in [0.25, 0.3) is 0 Å². The van der Waals surface area contributed by atoms with Crippen LogP contribution in [0.25, 0.3) is 0 Å². The van der Waals surface area contributed by atoms with E-state index in [9.17, 15) is 9.59 Å². The third-order valence-electron chi connectivity index (χ3n) is 1.41. The Balaban J connectivity index is 0.000000494. The van der Waals surface area contributed by atoms with Gasteiger partial charge < -0.3 is 14.9 Å². The number of benzene rings is 1. The van der Waals surface area contributed by atoms with Crippen molar-refractivity contribution in [2.24, 2.45) is 0 Å². The standard InChI is InChI=1S/C8H6Cl2O3.C3H4O2/c9-8(10,7(11)12)13-6-4-2-1-3-5-6;1-2-3(4)5/h1-5H,(H,11,12);2H,1H2,(H,4,5). The van der Waals surface area contributed by atoms with Gasteiger partial charge in [-0.1, -0.05) is 24.8 Å². The zero-order chi connectivity index (χ0) is 14.2. The summed E-state index contributed by atoms with van der Waals surface area (Å²) in [6.07, 6.45) is 0.833. The summed E-state index contributed by atoms with van der Waals surface area (Å²) in [7, 11) is 0. The second kappa shape index (κ2) is 7.58. The lowest BCUT2D eigenvalue weighted by atomic mass is 10.3. The van der Waals surface area contributed by atoms with Crippen LogP contribution in [0, 0.1) is 0 Å². The fourth-order valence-corrected chi connectivity index (χ4v) is 0.858. The van der Waals surface area contributed by atoms with E-state index >= 15 is 0 Å². The van der Waals surface area contributed by atoms with Gasteiger partial charge in [-0.2, -0.15) is 0 Å². The molecule has 0 aromatic heterocycles.